The van der Waals surface area contributed by atoms with Gasteiger partial charge in [0.1, 0.15) is 22.7 Å². The standard InChI is InChI=1S/C12H11NO3/c1-15-10-5-3-4-9-11(16-2)6-8(7-14)13-12(9)10/h3-7H,1-2H3. The molecule has 1 aromatic heterocycles. The minimum atomic E-state index is 0.328. The van der Waals surface area contributed by atoms with E-state index in [0.29, 0.717) is 29.0 Å². The molecule has 0 aliphatic heterocycles. The molecule has 0 atom stereocenters. The molecular weight excluding hydrogens is 206 g/mol. The number of para-hydroxylation sites is 1. The zero-order valence-electron chi connectivity index (χ0n) is 9.06. The predicted molar refractivity (Wildman–Crippen MR) is 60.2 cm³/mol. The van der Waals surface area contributed by atoms with Crippen molar-refractivity contribution in [1.82, 2.24) is 4.98 Å². The van der Waals surface area contributed by atoms with Gasteiger partial charge in [-0.2, -0.15) is 0 Å². The molecule has 16 heavy (non-hydrogen) atoms. The summed E-state index contributed by atoms with van der Waals surface area (Å²) < 4.78 is 10.4. The van der Waals surface area contributed by atoms with Crippen LogP contribution in [-0.4, -0.2) is 25.5 Å². The minimum Gasteiger partial charge on any atom is -0.496 e. The lowest BCUT2D eigenvalue weighted by atomic mass is 10.1. The van der Waals surface area contributed by atoms with Gasteiger partial charge in [-0.3, -0.25) is 4.79 Å². The number of methoxy groups -OCH3 is 2. The lowest BCUT2D eigenvalue weighted by Gasteiger charge is -2.08. The van der Waals surface area contributed by atoms with Crippen molar-refractivity contribution in [2.24, 2.45) is 0 Å². The van der Waals surface area contributed by atoms with Crippen molar-refractivity contribution in [2.45, 2.75) is 0 Å². The van der Waals surface area contributed by atoms with Gasteiger partial charge in [0.05, 0.1) is 14.2 Å². The molecule has 0 fully saturated rings. The van der Waals surface area contributed by atoms with Crippen LogP contribution in [0.15, 0.2) is 24.3 Å². The summed E-state index contributed by atoms with van der Waals surface area (Å²) in [4.78, 5) is 15.0. The van der Waals surface area contributed by atoms with Crippen molar-refractivity contribution in [3.8, 4) is 11.5 Å². The summed E-state index contributed by atoms with van der Waals surface area (Å²) in [6.45, 7) is 0. The summed E-state index contributed by atoms with van der Waals surface area (Å²) in [5, 5.41) is 0.826. The van der Waals surface area contributed by atoms with Gasteiger partial charge in [-0.05, 0) is 12.1 Å². The average Bonchev–Trinajstić information content (AvgIpc) is 2.36. The largest absolute Gasteiger partial charge is 0.496 e. The third kappa shape index (κ3) is 1.58. The van der Waals surface area contributed by atoms with Crippen molar-refractivity contribution in [2.75, 3.05) is 14.2 Å². The fourth-order valence-electron chi connectivity index (χ4n) is 1.60. The van der Waals surface area contributed by atoms with E-state index in [2.05, 4.69) is 4.98 Å². The molecule has 1 aromatic carbocycles. The van der Waals surface area contributed by atoms with E-state index in [1.54, 1.807) is 26.4 Å². The highest BCUT2D eigenvalue weighted by atomic mass is 16.5. The summed E-state index contributed by atoms with van der Waals surface area (Å²) in [7, 11) is 3.12. The van der Waals surface area contributed by atoms with Crippen LogP contribution in [0.25, 0.3) is 10.9 Å². The first-order valence-electron chi connectivity index (χ1n) is 4.77. The van der Waals surface area contributed by atoms with Crippen molar-refractivity contribution in [3.63, 3.8) is 0 Å². The third-order valence-electron chi connectivity index (χ3n) is 2.34. The number of ether oxygens (including phenoxy) is 2. The summed E-state index contributed by atoms with van der Waals surface area (Å²) in [5.41, 5.74) is 0.959. The quantitative estimate of drug-likeness (QED) is 0.738. The van der Waals surface area contributed by atoms with Gasteiger partial charge in [0.2, 0.25) is 0 Å². The molecule has 0 aliphatic rings. The Morgan fingerprint density at radius 2 is 1.94 bits per heavy atom. The molecule has 2 aromatic rings. The molecular formula is C12H11NO3. The number of aromatic nitrogens is 1. The zero-order chi connectivity index (χ0) is 11.5. The number of fused-ring (bicyclic) bond motifs is 1. The van der Waals surface area contributed by atoms with Crippen LogP contribution in [0.4, 0.5) is 0 Å². The maximum absolute atomic E-state index is 10.8. The second-order valence-electron chi connectivity index (χ2n) is 3.22. The molecule has 0 unspecified atom stereocenters. The van der Waals surface area contributed by atoms with E-state index >= 15 is 0 Å². The van der Waals surface area contributed by atoms with Crippen LogP contribution >= 0.6 is 0 Å². The van der Waals surface area contributed by atoms with Crippen LogP contribution in [0.5, 0.6) is 11.5 Å². The summed E-state index contributed by atoms with van der Waals surface area (Å²) in [6, 6.07) is 7.13. The summed E-state index contributed by atoms with van der Waals surface area (Å²) in [5.74, 6) is 1.24. The molecule has 0 saturated heterocycles. The summed E-state index contributed by atoms with van der Waals surface area (Å²) >= 11 is 0. The lowest BCUT2D eigenvalue weighted by molar-refractivity contribution is 0.111. The second-order valence-corrected chi connectivity index (χ2v) is 3.22. The molecule has 0 amide bonds. The zero-order valence-corrected chi connectivity index (χ0v) is 9.06. The van der Waals surface area contributed by atoms with E-state index in [1.165, 1.54) is 0 Å². The maximum Gasteiger partial charge on any atom is 0.168 e. The smallest absolute Gasteiger partial charge is 0.168 e. The van der Waals surface area contributed by atoms with Crippen LogP contribution in [0, 0.1) is 0 Å². The Morgan fingerprint density at radius 1 is 1.19 bits per heavy atom. The van der Waals surface area contributed by atoms with E-state index in [-0.39, 0.29) is 0 Å². The predicted octanol–water partition coefficient (Wildman–Crippen LogP) is 2.06. The topological polar surface area (TPSA) is 48.4 Å². The maximum atomic E-state index is 10.8. The highest BCUT2D eigenvalue weighted by molar-refractivity contribution is 5.92. The Morgan fingerprint density at radius 3 is 2.56 bits per heavy atom. The number of aldehydes is 1. The van der Waals surface area contributed by atoms with Gasteiger partial charge >= 0.3 is 0 Å². The number of carbonyl (C=O) groups excluding carboxylic acids is 1. The number of rotatable bonds is 3. The van der Waals surface area contributed by atoms with Gasteiger partial charge < -0.3 is 9.47 Å². The number of pyridine rings is 1. The normalized spacial score (nSPS) is 10.1. The molecule has 4 nitrogen and oxygen atoms in total. The molecule has 4 heteroatoms. The molecule has 1 heterocycles. The number of benzene rings is 1. The fraction of sp³-hybridized carbons (Fsp3) is 0.167. The monoisotopic (exact) mass is 217 g/mol. The van der Waals surface area contributed by atoms with E-state index in [1.807, 2.05) is 12.1 Å². The van der Waals surface area contributed by atoms with E-state index < -0.39 is 0 Å². The molecule has 0 N–H and O–H groups in total. The first-order chi connectivity index (χ1) is 7.80. The fourth-order valence-corrected chi connectivity index (χ4v) is 1.60. The number of hydrogen-bond acceptors (Lipinski definition) is 4. The Hall–Kier alpha value is -2.10. The Labute approximate surface area is 92.8 Å². The molecule has 0 spiro atoms. The van der Waals surface area contributed by atoms with Crippen LogP contribution in [0.3, 0.4) is 0 Å². The van der Waals surface area contributed by atoms with Gasteiger partial charge in [-0.1, -0.05) is 6.07 Å². The second kappa shape index (κ2) is 4.18. The third-order valence-corrected chi connectivity index (χ3v) is 2.34. The van der Waals surface area contributed by atoms with Crippen molar-refractivity contribution < 1.29 is 14.3 Å². The highest BCUT2D eigenvalue weighted by Crippen LogP contribution is 2.30. The van der Waals surface area contributed by atoms with Crippen LogP contribution in [0.2, 0.25) is 0 Å². The SMILES string of the molecule is COc1cc(C=O)nc2c(OC)cccc12. The van der Waals surface area contributed by atoms with Gasteiger partial charge in [0, 0.05) is 11.5 Å². The lowest BCUT2D eigenvalue weighted by Crippen LogP contribution is -1.95. The van der Waals surface area contributed by atoms with Gasteiger partial charge in [-0.25, -0.2) is 4.98 Å². The van der Waals surface area contributed by atoms with Gasteiger partial charge in [0.25, 0.3) is 0 Å². The van der Waals surface area contributed by atoms with Gasteiger partial charge in [-0.15, -0.1) is 0 Å². The Kier molecular flexibility index (Phi) is 2.72. The van der Waals surface area contributed by atoms with Crippen molar-refractivity contribution in [1.29, 1.82) is 0 Å². The van der Waals surface area contributed by atoms with Crippen molar-refractivity contribution >= 4 is 17.2 Å². The Balaban J connectivity index is 2.83. The summed E-state index contributed by atoms with van der Waals surface area (Å²) in [6.07, 6.45) is 0.689. The van der Waals surface area contributed by atoms with Gasteiger partial charge in [0.15, 0.2) is 6.29 Å². The molecule has 0 bridgehead atoms. The van der Waals surface area contributed by atoms with E-state index in [9.17, 15) is 4.79 Å². The van der Waals surface area contributed by atoms with Crippen LogP contribution in [-0.2, 0) is 0 Å². The molecule has 82 valence electrons. The number of carbonyl (C=O) groups is 1. The molecule has 0 radical (unpaired) electrons. The van der Waals surface area contributed by atoms with Crippen molar-refractivity contribution in [3.05, 3.63) is 30.0 Å². The first kappa shape index (κ1) is 10.4. The Bertz CT molecular complexity index is 537. The molecule has 0 aliphatic carbocycles. The highest BCUT2D eigenvalue weighted by Gasteiger charge is 2.09. The van der Waals surface area contributed by atoms with E-state index in [0.717, 1.165) is 5.39 Å². The minimum absolute atomic E-state index is 0.328. The number of nitrogens with zero attached hydrogens (tertiary/aromatic N) is 1. The first-order valence-corrected chi connectivity index (χ1v) is 4.77. The molecule has 2 rings (SSSR count). The average molecular weight is 217 g/mol. The van der Waals surface area contributed by atoms with Crippen LogP contribution < -0.4 is 9.47 Å². The molecule has 0 saturated carbocycles. The van der Waals surface area contributed by atoms with E-state index in [4.69, 9.17) is 9.47 Å². The number of hydrogen-bond donors (Lipinski definition) is 0. The van der Waals surface area contributed by atoms with Crippen LogP contribution in [0.1, 0.15) is 10.5 Å².